The van der Waals surface area contributed by atoms with Crippen LogP contribution < -0.4 is 11.1 Å². The summed E-state index contributed by atoms with van der Waals surface area (Å²) in [5.74, 6) is -0.347. The third-order valence-electron chi connectivity index (χ3n) is 1.83. The molecule has 5 nitrogen and oxygen atoms in total. The first-order chi connectivity index (χ1) is 6.72. The van der Waals surface area contributed by atoms with E-state index in [0.29, 0.717) is 0 Å². The first-order valence-electron chi connectivity index (χ1n) is 4.72. The number of hydrogen-bond acceptors (Lipinski definition) is 3. The third kappa shape index (κ3) is 3.57. The van der Waals surface area contributed by atoms with Crippen molar-refractivity contribution in [3.05, 3.63) is 18.2 Å². The van der Waals surface area contributed by atoms with Crippen molar-refractivity contribution < 1.29 is 4.79 Å². The van der Waals surface area contributed by atoms with Crippen LogP contribution in [-0.4, -0.2) is 28.5 Å². The Morgan fingerprint density at radius 3 is 3.14 bits per heavy atom. The van der Waals surface area contributed by atoms with Gasteiger partial charge in [0.05, 0.1) is 12.0 Å². The van der Waals surface area contributed by atoms with Gasteiger partial charge in [-0.05, 0) is 6.54 Å². The maximum atomic E-state index is 10.6. The molecule has 1 aromatic heterocycles. The Morgan fingerprint density at radius 1 is 1.71 bits per heavy atom. The number of nitrogens with two attached hydrogens (primary N) is 1. The summed E-state index contributed by atoms with van der Waals surface area (Å²) in [6.45, 7) is 4.13. The predicted octanol–water partition coefficient (Wildman–Crippen LogP) is -0.480. The van der Waals surface area contributed by atoms with E-state index in [1.165, 1.54) is 0 Å². The topological polar surface area (TPSA) is 72.9 Å². The lowest BCUT2D eigenvalue weighted by Crippen LogP contribution is -2.17. The SMILES string of the molecule is CCNCCc1cn(CC(N)=O)cn1. The maximum absolute atomic E-state index is 10.6. The fourth-order valence-electron chi connectivity index (χ4n) is 1.20. The molecule has 1 amide bonds. The molecule has 14 heavy (non-hydrogen) atoms. The molecule has 5 heteroatoms. The van der Waals surface area contributed by atoms with Crippen LogP contribution >= 0.6 is 0 Å². The van der Waals surface area contributed by atoms with Gasteiger partial charge >= 0.3 is 0 Å². The molecule has 0 aliphatic heterocycles. The largest absolute Gasteiger partial charge is 0.368 e. The summed E-state index contributed by atoms with van der Waals surface area (Å²) < 4.78 is 1.70. The quantitative estimate of drug-likeness (QED) is 0.604. The molecule has 3 N–H and O–H groups in total. The standard InChI is InChI=1S/C9H16N4O/c1-2-11-4-3-8-5-13(7-12-8)6-9(10)14/h5,7,11H,2-4,6H2,1H3,(H2,10,14). The van der Waals surface area contributed by atoms with Crippen LogP contribution in [0.3, 0.4) is 0 Å². The van der Waals surface area contributed by atoms with Crippen molar-refractivity contribution in [1.82, 2.24) is 14.9 Å². The average molecular weight is 196 g/mol. The number of likely N-dealkylation sites (N-methyl/N-ethyl adjacent to an activating group) is 1. The van der Waals surface area contributed by atoms with Gasteiger partial charge in [0.15, 0.2) is 0 Å². The number of hydrogen-bond donors (Lipinski definition) is 2. The molecule has 0 aliphatic rings. The van der Waals surface area contributed by atoms with E-state index in [1.54, 1.807) is 10.9 Å². The number of rotatable bonds is 6. The van der Waals surface area contributed by atoms with Crippen LogP contribution in [0, 0.1) is 0 Å². The van der Waals surface area contributed by atoms with Crippen molar-refractivity contribution in [3.63, 3.8) is 0 Å². The summed E-state index contributed by atoms with van der Waals surface area (Å²) >= 11 is 0. The average Bonchev–Trinajstić information content (AvgIpc) is 2.52. The maximum Gasteiger partial charge on any atom is 0.237 e. The highest BCUT2D eigenvalue weighted by Gasteiger charge is 2.00. The van der Waals surface area contributed by atoms with E-state index < -0.39 is 0 Å². The molecule has 78 valence electrons. The van der Waals surface area contributed by atoms with Crippen LogP contribution in [0.15, 0.2) is 12.5 Å². The zero-order valence-corrected chi connectivity index (χ0v) is 8.36. The number of amides is 1. The van der Waals surface area contributed by atoms with E-state index in [-0.39, 0.29) is 12.5 Å². The highest BCUT2D eigenvalue weighted by atomic mass is 16.1. The first kappa shape index (κ1) is 10.7. The fraction of sp³-hybridized carbons (Fsp3) is 0.556. The molecule has 0 aromatic carbocycles. The molecule has 0 fully saturated rings. The van der Waals surface area contributed by atoms with E-state index in [0.717, 1.165) is 25.2 Å². The molecule has 1 aromatic rings. The molecule has 0 atom stereocenters. The van der Waals surface area contributed by atoms with Gasteiger partial charge in [-0.15, -0.1) is 0 Å². The first-order valence-corrected chi connectivity index (χ1v) is 4.72. The van der Waals surface area contributed by atoms with Gasteiger partial charge in [-0.25, -0.2) is 4.98 Å². The molecule has 0 aliphatic carbocycles. The van der Waals surface area contributed by atoms with E-state index >= 15 is 0 Å². The lowest BCUT2D eigenvalue weighted by Gasteiger charge is -1.97. The second kappa shape index (κ2) is 5.39. The summed E-state index contributed by atoms with van der Waals surface area (Å²) in [5.41, 5.74) is 6.03. The number of primary amides is 1. The van der Waals surface area contributed by atoms with Crippen LogP contribution in [0.1, 0.15) is 12.6 Å². The molecule has 0 radical (unpaired) electrons. The lowest BCUT2D eigenvalue weighted by molar-refractivity contribution is -0.118. The second-order valence-corrected chi connectivity index (χ2v) is 3.11. The van der Waals surface area contributed by atoms with Gasteiger partial charge in [0, 0.05) is 19.2 Å². The van der Waals surface area contributed by atoms with Crippen molar-refractivity contribution >= 4 is 5.91 Å². The van der Waals surface area contributed by atoms with Crippen molar-refractivity contribution in [2.75, 3.05) is 13.1 Å². The number of carbonyl (C=O) groups excluding carboxylic acids is 1. The number of aromatic nitrogens is 2. The third-order valence-corrected chi connectivity index (χ3v) is 1.83. The van der Waals surface area contributed by atoms with Crippen LogP contribution in [0.25, 0.3) is 0 Å². The molecular formula is C9H16N4O. The summed E-state index contributed by atoms with van der Waals surface area (Å²) in [6.07, 6.45) is 4.35. The number of imidazole rings is 1. The van der Waals surface area contributed by atoms with E-state index in [4.69, 9.17) is 5.73 Å². The molecule has 0 spiro atoms. The molecular weight excluding hydrogens is 180 g/mol. The van der Waals surface area contributed by atoms with Crippen LogP contribution in [0.4, 0.5) is 0 Å². The monoisotopic (exact) mass is 196 g/mol. The highest BCUT2D eigenvalue weighted by Crippen LogP contribution is 1.96. The van der Waals surface area contributed by atoms with Gasteiger partial charge in [0.1, 0.15) is 6.54 Å². The molecule has 1 heterocycles. The second-order valence-electron chi connectivity index (χ2n) is 3.11. The Kier molecular flexibility index (Phi) is 4.12. The molecule has 0 saturated heterocycles. The fourth-order valence-corrected chi connectivity index (χ4v) is 1.20. The van der Waals surface area contributed by atoms with Gasteiger partial charge in [-0.2, -0.15) is 0 Å². The Labute approximate surface area is 83.3 Å². The van der Waals surface area contributed by atoms with Gasteiger partial charge in [-0.3, -0.25) is 4.79 Å². The highest BCUT2D eigenvalue weighted by molar-refractivity contribution is 5.73. The van der Waals surface area contributed by atoms with Crippen LogP contribution in [0.5, 0.6) is 0 Å². The molecule has 0 bridgehead atoms. The lowest BCUT2D eigenvalue weighted by atomic mass is 10.3. The minimum Gasteiger partial charge on any atom is -0.368 e. The Balaban J connectivity index is 2.38. The van der Waals surface area contributed by atoms with Gasteiger partial charge in [0.25, 0.3) is 0 Å². The summed E-state index contributed by atoms with van der Waals surface area (Å²) in [7, 11) is 0. The van der Waals surface area contributed by atoms with Crippen molar-refractivity contribution in [2.24, 2.45) is 5.73 Å². The van der Waals surface area contributed by atoms with Crippen LogP contribution in [-0.2, 0) is 17.8 Å². The van der Waals surface area contributed by atoms with E-state index in [9.17, 15) is 4.79 Å². The van der Waals surface area contributed by atoms with Crippen molar-refractivity contribution in [2.45, 2.75) is 19.9 Å². The van der Waals surface area contributed by atoms with E-state index in [1.807, 2.05) is 6.20 Å². The summed E-state index contributed by atoms with van der Waals surface area (Å²) in [5, 5.41) is 3.21. The normalized spacial score (nSPS) is 10.4. The predicted molar refractivity (Wildman–Crippen MR) is 53.7 cm³/mol. The minimum atomic E-state index is -0.347. The smallest absolute Gasteiger partial charge is 0.237 e. The van der Waals surface area contributed by atoms with Gasteiger partial charge in [-0.1, -0.05) is 6.92 Å². The number of carbonyl (C=O) groups is 1. The Bertz CT molecular complexity index is 295. The summed E-state index contributed by atoms with van der Waals surface area (Å²) in [6, 6.07) is 0. The minimum absolute atomic E-state index is 0.203. The van der Waals surface area contributed by atoms with Gasteiger partial charge < -0.3 is 15.6 Å². The van der Waals surface area contributed by atoms with Gasteiger partial charge in [0.2, 0.25) is 5.91 Å². The van der Waals surface area contributed by atoms with Crippen molar-refractivity contribution in [1.29, 1.82) is 0 Å². The zero-order chi connectivity index (χ0) is 10.4. The molecule has 1 rings (SSSR count). The Hall–Kier alpha value is -1.36. The molecule has 0 unspecified atom stereocenters. The number of nitrogens with one attached hydrogen (secondary N) is 1. The van der Waals surface area contributed by atoms with Crippen molar-refractivity contribution in [3.8, 4) is 0 Å². The molecule has 0 saturated carbocycles. The van der Waals surface area contributed by atoms with Crippen LogP contribution in [0.2, 0.25) is 0 Å². The Morgan fingerprint density at radius 2 is 2.50 bits per heavy atom. The zero-order valence-electron chi connectivity index (χ0n) is 8.36. The summed E-state index contributed by atoms with van der Waals surface area (Å²) in [4.78, 5) is 14.8. The van der Waals surface area contributed by atoms with E-state index in [2.05, 4.69) is 17.2 Å². The number of nitrogens with zero attached hydrogens (tertiary/aromatic N) is 2.